The molecule has 0 aliphatic carbocycles. The van der Waals surface area contributed by atoms with E-state index in [-0.39, 0.29) is 24.2 Å². The van der Waals surface area contributed by atoms with Crippen molar-refractivity contribution in [2.75, 3.05) is 11.9 Å². The molecule has 2 rings (SSSR count). The van der Waals surface area contributed by atoms with Crippen LogP contribution in [0.5, 0.6) is 5.75 Å². The molecule has 1 heterocycles. The largest absolute Gasteiger partial charge is 0.503 e. The Morgan fingerprint density at radius 3 is 2.62 bits per heavy atom. The zero-order chi connectivity index (χ0) is 17.4. The Labute approximate surface area is 140 Å². The highest BCUT2D eigenvalue weighted by atomic mass is 16.5. The molecule has 2 N–H and O–H groups in total. The molecule has 2 aromatic rings. The first-order valence-electron chi connectivity index (χ1n) is 7.83. The van der Waals surface area contributed by atoms with Crippen molar-refractivity contribution in [1.82, 2.24) is 0 Å². The van der Waals surface area contributed by atoms with E-state index in [1.54, 1.807) is 41.1 Å². The molecule has 126 valence electrons. The van der Waals surface area contributed by atoms with E-state index in [0.717, 1.165) is 12.8 Å². The van der Waals surface area contributed by atoms with E-state index < -0.39 is 0 Å². The normalized spacial score (nSPS) is 10.2. The summed E-state index contributed by atoms with van der Waals surface area (Å²) in [5.74, 6) is -0.503. The lowest BCUT2D eigenvalue weighted by Crippen LogP contribution is -2.39. The van der Waals surface area contributed by atoms with Crippen LogP contribution in [0.4, 0.5) is 5.69 Å². The van der Waals surface area contributed by atoms with Gasteiger partial charge in [-0.2, -0.15) is 4.57 Å². The average molecular weight is 329 g/mol. The number of pyridine rings is 1. The van der Waals surface area contributed by atoms with Crippen LogP contribution in [0.1, 0.15) is 30.1 Å². The van der Waals surface area contributed by atoms with Crippen LogP contribution in [0.3, 0.4) is 0 Å². The molecule has 6 nitrogen and oxygen atoms in total. The van der Waals surface area contributed by atoms with Gasteiger partial charge in [-0.3, -0.25) is 4.79 Å². The van der Waals surface area contributed by atoms with E-state index in [0.29, 0.717) is 17.9 Å². The maximum absolute atomic E-state index is 12.0. The van der Waals surface area contributed by atoms with E-state index in [1.165, 1.54) is 12.3 Å². The summed E-state index contributed by atoms with van der Waals surface area (Å²) in [6.07, 6.45) is 4.96. The first kappa shape index (κ1) is 17.5. The lowest BCUT2D eigenvalue weighted by molar-refractivity contribution is -0.684. The molecule has 0 fully saturated rings. The lowest BCUT2D eigenvalue weighted by atomic mass is 10.2. The smallest absolute Gasteiger partial charge is 0.338 e. The number of esters is 1. The molecule has 0 aliphatic heterocycles. The third-order valence-corrected chi connectivity index (χ3v) is 3.30. The zero-order valence-electron chi connectivity index (χ0n) is 13.6. The van der Waals surface area contributed by atoms with Gasteiger partial charge in [-0.05, 0) is 36.8 Å². The second-order valence-electron chi connectivity index (χ2n) is 5.35. The number of amides is 1. The van der Waals surface area contributed by atoms with Gasteiger partial charge in [0.25, 0.3) is 5.91 Å². The maximum Gasteiger partial charge on any atom is 0.338 e. The van der Waals surface area contributed by atoms with Crippen LogP contribution < -0.4 is 9.88 Å². The van der Waals surface area contributed by atoms with Crippen molar-refractivity contribution in [2.45, 2.75) is 26.3 Å². The van der Waals surface area contributed by atoms with Gasteiger partial charge in [-0.1, -0.05) is 13.3 Å². The number of aromatic nitrogens is 1. The van der Waals surface area contributed by atoms with Crippen LogP contribution in [0.2, 0.25) is 0 Å². The highest BCUT2D eigenvalue weighted by molar-refractivity contribution is 5.92. The summed E-state index contributed by atoms with van der Waals surface area (Å²) in [6, 6.07) is 9.73. The number of ether oxygens (including phenoxy) is 1. The molecule has 0 unspecified atom stereocenters. The van der Waals surface area contributed by atoms with Gasteiger partial charge >= 0.3 is 5.97 Å². The van der Waals surface area contributed by atoms with Crippen LogP contribution in [0.25, 0.3) is 0 Å². The molecule has 0 radical (unpaired) electrons. The summed E-state index contributed by atoms with van der Waals surface area (Å²) in [5.41, 5.74) is 1.04. The SMILES string of the molecule is CCCCOC(=O)c1ccc(NC(=O)C[n+]2cccc(O)c2)cc1. The fraction of sp³-hybridized carbons (Fsp3) is 0.278. The monoisotopic (exact) mass is 329 g/mol. The predicted octanol–water partition coefficient (Wildman–Crippen LogP) is 2.28. The van der Waals surface area contributed by atoms with E-state index in [1.807, 2.05) is 6.92 Å². The Morgan fingerprint density at radius 2 is 1.96 bits per heavy atom. The lowest BCUT2D eigenvalue weighted by Gasteiger charge is -2.06. The highest BCUT2D eigenvalue weighted by Gasteiger charge is 2.11. The molecule has 1 aromatic heterocycles. The summed E-state index contributed by atoms with van der Waals surface area (Å²) in [7, 11) is 0. The van der Waals surface area contributed by atoms with Gasteiger partial charge < -0.3 is 15.2 Å². The van der Waals surface area contributed by atoms with E-state index in [4.69, 9.17) is 4.74 Å². The van der Waals surface area contributed by atoms with Gasteiger partial charge in [0.2, 0.25) is 12.7 Å². The van der Waals surface area contributed by atoms with Crippen LogP contribution in [0, 0.1) is 0 Å². The van der Waals surface area contributed by atoms with Gasteiger partial charge in [-0.25, -0.2) is 4.79 Å². The number of carbonyl (C=O) groups is 2. The second-order valence-corrected chi connectivity index (χ2v) is 5.35. The van der Waals surface area contributed by atoms with Crippen LogP contribution >= 0.6 is 0 Å². The number of unbranched alkanes of at least 4 members (excludes halogenated alkanes) is 1. The van der Waals surface area contributed by atoms with Crippen LogP contribution in [-0.4, -0.2) is 23.6 Å². The molecule has 1 amide bonds. The minimum atomic E-state index is -0.364. The Bertz CT molecular complexity index is 698. The Morgan fingerprint density at radius 1 is 1.21 bits per heavy atom. The topological polar surface area (TPSA) is 79.5 Å². The van der Waals surface area contributed by atoms with Gasteiger partial charge in [0.05, 0.1) is 12.2 Å². The first-order chi connectivity index (χ1) is 11.6. The van der Waals surface area contributed by atoms with Crippen LogP contribution in [0.15, 0.2) is 48.8 Å². The maximum atomic E-state index is 12.0. The third-order valence-electron chi connectivity index (χ3n) is 3.30. The van der Waals surface area contributed by atoms with E-state index >= 15 is 0 Å². The minimum Gasteiger partial charge on any atom is -0.503 e. The number of carbonyl (C=O) groups excluding carboxylic acids is 2. The number of rotatable bonds is 7. The van der Waals surface area contributed by atoms with Gasteiger partial charge in [-0.15, -0.1) is 0 Å². The molecule has 0 spiro atoms. The molecule has 0 saturated carbocycles. The van der Waals surface area contributed by atoms with Crippen molar-refractivity contribution in [2.24, 2.45) is 0 Å². The number of benzene rings is 1. The molecule has 0 bridgehead atoms. The summed E-state index contributed by atoms with van der Waals surface area (Å²) >= 11 is 0. The number of aromatic hydroxyl groups is 1. The van der Waals surface area contributed by atoms with Gasteiger partial charge in [0.15, 0.2) is 11.9 Å². The molecule has 1 aromatic carbocycles. The van der Waals surface area contributed by atoms with E-state index in [2.05, 4.69) is 5.32 Å². The predicted molar refractivity (Wildman–Crippen MR) is 88.6 cm³/mol. The summed E-state index contributed by atoms with van der Waals surface area (Å²) < 4.78 is 6.70. The fourth-order valence-electron chi connectivity index (χ4n) is 2.06. The molecule has 0 atom stereocenters. The first-order valence-corrected chi connectivity index (χ1v) is 7.83. The number of hydrogen-bond donors (Lipinski definition) is 2. The van der Waals surface area contributed by atoms with Crippen molar-refractivity contribution in [3.63, 3.8) is 0 Å². The molecule has 0 saturated heterocycles. The Hall–Kier alpha value is -2.89. The van der Waals surface area contributed by atoms with Gasteiger partial charge in [0, 0.05) is 11.8 Å². The fourth-order valence-corrected chi connectivity index (χ4v) is 2.06. The quantitative estimate of drug-likeness (QED) is 0.464. The molecule has 0 aliphatic rings. The summed E-state index contributed by atoms with van der Waals surface area (Å²) in [4.78, 5) is 23.8. The number of nitrogens with one attached hydrogen (secondary N) is 1. The second kappa shape index (κ2) is 8.67. The molecular formula is C18H21N2O4+. The van der Waals surface area contributed by atoms with Crippen molar-refractivity contribution in [1.29, 1.82) is 0 Å². The van der Waals surface area contributed by atoms with Crippen molar-refractivity contribution in [3.05, 3.63) is 54.4 Å². The Balaban J connectivity index is 1.89. The summed E-state index contributed by atoms with van der Waals surface area (Å²) in [6.45, 7) is 2.52. The zero-order valence-corrected chi connectivity index (χ0v) is 13.6. The van der Waals surface area contributed by atoms with Crippen molar-refractivity contribution < 1.29 is 24.0 Å². The minimum absolute atomic E-state index is 0.0786. The molecule has 6 heteroatoms. The standard InChI is InChI=1S/C18H20N2O4/c1-2-3-11-24-18(23)14-6-8-15(9-7-14)19-17(22)13-20-10-4-5-16(21)12-20/h4-10,12H,2-3,11,13H2,1H3,(H-,19,21,22,23)/p+1. The van der Waals surface area contributed by atoms with Gasteiger partial charge in [0.1, 0.15) is 0 Å². The number of anilines is 1. The third kappa shape index (κ3) is 5.39. The molecule has 24 heavy (non-hydrogen) atoms. The Kier molecular flexibility index (Phi) is 6.31. The highest BCUT2D eigenvalue weighted by Crippen LogP contribution is 2.11. The average Bonchev–Trinajstić information content (AvgIpc) is 2.55. The number of nitrogens with zero attached hydrogens (tertiary/aromatic N) is 1. The number of hydrogen-bond acceptors (Lipinski definition) is 4. The van der Waals surface area contributed by atoms with Crippen molar-refractivity contribution in [3.8, 4) is 5.75 Å². The van der Waals surface area contributed by atoms with E-state index in [9.17, 15) is 14.7 Å². The van der Waals surface area contributed by atoms with Crippen LogP contribution in [-0.2, 0) is 16.1 Å². The molecular weight excluding hydrogens is 308 g/mol. The van der Waals surface area contributed by atoms with Crippen molar-refractivity contribution >= 4 is 17.6 Å². The summed E-state index contributed by atoms with van der Waals surface area (Å²) in [5, 5.41) is 12.1.